The Kier molecular flexibility index (Phi) is 6.75. The van der Waals surface area contributed by atoms with Gasteiger partial charge < -0.3 is 21.9 Å². The predicted molar refractivity (Wildman–Crippen MR) is 134 cm³/mol. The Morgan fingerprint density at radius 3 is 2.59 bits per heavy atom. The Morgan fingerprint density at radius 1 is 1.19 bits per heavy atom. The van der Waals surface area contributed by atoms with Crippen LogP contribution in [0, 0.1) is 17.1 Å². The normalized spacial score (nSPS) is 12.3. The number of rotatable bonds is 7. The number of nitrogens with zero attached hydrogens (tertiary/aromatic N) is 5. The number of hydrogen-bond donors (Lipinski definition) is 4. The van der Waals surface area contributed by atoms with Gasteiger partial charge >= 0.3 is 0 Å². The summed E-state index contributed by atoms with van der Waals surface area (Å²) in [5.41, 5.74) is 10.7. The van der Waals surface area contributed by atoms with E-state index < -0.39 is 39.6 Å². The fraction of sp³-hybridized carbons (Fsp3) is 0.174. The first-order valence-electron chi connectivity index (χ1n) is 10.8. The summed E-state index contributed by atoms with van der Waals surface area (Å²) in [7, 11) is -4.04. The van der Waals surface area contributed by atoms with Gasteiger partial charge in [0.25, 0.3) is 5.56 Å². The molecule has 0 amide bonds. The molecule has 0 aliphatic carbocycles. The lowest BCUT2D eigenvalue weighted by molar-refractivity contribution is 0.319. The van der Waals surface area contributed by atoms with Crippen molar-refractivity contribution in [3.8, 4) is 11.8 Å². The number of nitrogens with two attached hydrogens (primary N) is 2. The number of nitrogens with one attached hydrogen (secondary N) is 1. The van der Waals surface area contributed by atoms with Crippen LogP contribution in [-0.2, 0) is 9.84 Å². The molecule has 0 radical (unpaired) electrons. The zero-order valence-electron chi connectivity index (χ0n) is 19.4. The van der Waals surface area contributed by atoms with E-state index in [9.17, 15) is 28.0 Å². The molecule has 1 atom stereocenters. The van der Waals surface area contributed by atoms with Crippen LogP contribution in [0.5, 0.6) is 0 Å². The van der Waals surface area contributed by atoms with Gasteiger partial charge in [-0.3, -0.25) is 9.36 Å². The average molecular weight is 525 g/mol. The molecule has 14 heteroatoms. The number of aliphatic hydroxyl groups excluding tert-OH is 1. The van der Waals surface area contributed by atoms with E-state index in [0.29, 0.717) is 0 Å². The summed E-state index contributed by atoms with van der Waals surface area (Å²) in [5, 5.41) is 21.4. The quantitative estimate of drug-likeness (QED) is 0.271. The molecular formula is C23H21FN8O4S. The van der Waals surface area contributed by atoms with Crippen molar-refractivity contribution in [1.82, 2.24) is 19.5 Å². The number of hydrogen-bond acceptors (Lipinski definition) is 11. The monoisotopic (exact) mass is 524 g/mol. The van der Waals surface area contributed by atoms with Crippen LogP contribution in [0.15, 0.2) is 52.2 Å². The maximum Gasteiger partial charge on any atom is 0.267 e. The summed E-state index contributed by atoms with van der Waals surface area (Å²) in [5.74, 6) is -1.55. The smallest absolute Gasteiger partial charge is 0.267 e. The van der Waals surface area contributed by atoms with Crippen molar-refractivity contribution in [3.63, 3.8) is 0 Å². The molecule has 0 fully saturated rings. The van der Waals surface area contributed by atoms with E-state index in [1.54, 1.807) is 6.92 Å². The van der Waals surface area contributed by atoms with Crippen LogP contribution in [0.25, 0.3) is 16.6 Å². The number of sulfone groups is 1. The first-order chi connectivity index (χ1) is 17.6. The van der Waals surface area contributed by atoms with Gasteiger partial charge in [-0.15, -0.1) is 0 Å². The Hall–Kier alpha value is -4.61. The maximum atomic E-state index is 14.2. The molecule has 1 unspecified atom stereocenters. The van der Waals surface area contributed by atoms with Crippen LogP contribution in [0.4, 0.5) is 22.0 Å². The molecule has 0 spiro atoms. The van der Waals surface area contributed by atoms with Gasteiger partial charge in [0.2, 0.25) is 5.95 Å². The highest BCUT2D eigenvalue weighted by atomic mass is 32.2. The lowest BCUT2D eigenvalue weighted by Gasteiger charge is -2.21. The lowest BCUT2D eigenvalue weighted by atomic mass is 10.2. The standard InChI is InChI=1S/C23H21FN8O4S/c1-12(28-20-15(11-25)19(26)30-23(27)31-20)21-29-16-6-3-7-17(37(35,36)9-8-33)18(16)22(34)32(21)14-5-2-4-13(24)10-14/h2-7,10,12,33H,8-9H2,1H3,(H5,26,27,28,30,31). The van der Waals surface area contributed by atoms with Gasteiger partial charge in [0.05, 0.1) is 39.9 Å². The van der Waals surface area contributed by atoms with Crippen molar-refractivity contribution in [3.05, 3.63) is 70.0 Å². The molecule has 2 aromatic carbocycles. The van der Waals surface area contributed by atoms with Gasteiger partial charge in [0.1, 0.15) is 29.1 Å². The third-order valence-corrected chi connectivity index (χ3v) is 7.18. The molecule has 0 saturated heterocycles. The minimum atomic E-state index is -4.04. The van der Waals surface area contributed by atoms with E-state index in [1.165, 1.54) is 36.4 Å². The van der Waals surface area contributed by atoms with Crippen molar-refractivity contribution in [2.45, 2.75) is 17.9 Å². The predicted octanol–water partition coefficient (Wildman–Crippen LogP) is 1.29. The van der Waals surface area contributed by atoms with E-state index in [2.05, 4.69) is 20.3 Å². The van der Waals surface area contributed by atoms with Gasteiger partial charge in [-0.1, -0.05) is 12.1 Å². The van der Waals surface area contributed by atoms with E-state index in [1.807, 2.05) is 6.07 Å². The van der Waals surface area contributed by atoms with Crippen molar-refractivity contribution < 1.29 is 17.9 Å². The summed E-state index contributed by atoms with van der Waals surface area (Å²) >= 11 is 0. The number of aromatic nitrogens is 4. The molecule has 0 aliphatic heterocycles. The highest BCUT2D eigenvalue weighted by Gasteiger charge is 2.25. The van der Waals surface area contributed by atoms with Crippen molar-refractivity contribution in [2.75, 3.05) is 29.1 Å². The summed E-state index contributed by atoms with van der Waals surface area (Å²) < 4.78 is 40.9. The molecule has 4 aromatic rings. The van der Waals surface area contributed by atoms with Crippen LogP contribution in [0.1, 0.15) is 24.4 Å². The highest BCUT2D eigenvalue weighted by Crippen LogP contribution is 2.27. The number of anilines is 3. The molecule has 2 aromatic heterocycles. The molecular weight excluding hydrogens is 503 g/mol. The Morgan fingerprint density at radius 2 is 1.92 bits per heavy atom. The zero-order chi connectivity index (χ0) is 26.9. The fourth-order valence-electron chi connectivity index (χ4n) is 3.84. The Bertz CT molecular complexity index is 1730. The summed E-state index contributed by atoms with van der Waals surface area (Å²) in [6, 6.07) is 10.3. The molecule has 37 heavy (non-hydrogen) atoms. The second-order valence-corrected chi connectivity index (χ2v) is 10.0. The first-order valence-corrected chi connectivity index (χ1v) is 12.5. The van der Waals surface area contributed by atoms with E-state index in [0.717, 1.165) is 10.6 Å². The SMILES string of the molecule is CC(Nc1nc(N)nc(N)c1C#N)c1nc2cccc(S(=O)(=O)CCO)c2c(=O)n1-c1cccc(F)c1. The highest BCUT2D eigenvalue weighted by molar-refractivity contribution is 7.91. The van der Waals surface area contributed by atoms with E-state index >= 15 is 0 Å². The number of nitrogen functional groups attached to an aromatic ring is 2. The van der Waals surface area contributed by atoms with E-state index in [4.69, 9.17) is 11.5 Å². The fourth-order valence-corrected chi connectivity index (χ4v) is 5.09. The van der Waals surface area contributed by atoms with Crippen LogP contribution in [0.2, 0.25) is 0 Å². The van der Waals surface area contributed by atoms with Crippen molar-refractivity contribution >= 4 is 38.3 Å². The maximum absolute atomic E-state index is 14.2. The Labute approximate surface area is 210 Å². The van der Waals surface area contributed by atoms with Crippen LogP contribution in [0.3, 0.4) is 0 Å². The second kappa shape index (κ2) is 9.80. The second-order valence-electron chi connectivity index (χ2n) is 7.95. The number of nitriles is 1. The van der Waals surface area contributed by atoms with Gasteiger partial charge in [-0.05, 0) is 37.3 Å². The van der Waals surface area contributed by atoms with Gasteiger partial charge in [-0.2, -0.15) is 15.2 Å². The molecule has 190 valence electrons. The molecule has 0 saturated carbocycles. The molecule has 0 aliphatic rings. The van der Waals surface area contributed by atoms with Crippen LogP contribution >= 0.6 is 0 Å². The van der Waals surface area contributed by atoms with Gasteiger partial charge in [0, 0.05) is 0 Å². The first kappa shape index (κ1) is 25.5. The number of fused-ring (bicyclic) bond motifs is 1. The minimum Gasteiger partial charge on any atom is -0.395 e. The zero-order valence-corrected chi connectivity index (χ0v) is 20.2. The lowest BCUT2D eigenvalue weighted by Crippen LogP contribution is -2.29. The summed E-state index contributed by atoms with van der Waals surface area (Å²) in [6.07, 6.45) is 0. The third kappa shape index (κ3) is 4.77. The Balaban J connectivity index is 2.01. The number of benzene rings is 2. The van der Waals surface area contributed by atoms with Gasteiger partial charge in [-0.25, -0.2) is 17.8 Å². The largest absolute Gasteiger partial charge is 0.395 e. The van der Waals surface area contributed by atoms with Crippen LogP contribution in [-0.4, -0.2) is 45.4 Å². The van der Waals surface area contributed by atoms with Crippen molar-refractivity contribution in [1.29, 1.82) is 5.26 Å². The third-order valence-electron chi connectivity index (χ3n) is 5.45. The van der Waals surface area contributed by atoms with E-state index in [-0.39, 0.29) is 50.5 Å². The minimum absolute atomic E-state index is 0.0144. The molecule has 4 rings (SSSR count). The van der Waals surface area contributed by atoms with Gasteiger partial charge in [0.15, 0.2) is 15.7 Å². The van der Waals surface area contributed by atoms with Crippen molar-refractivity contribution in [2.24, 2.45) is 0 Å². The summed E-state index contributed by atoms with van der Waals surface area (Å²) in [4.78, 5) is 25.8. The van der Waals surface area contributed by atoms with Crippen LogP contribution < -0.4 is 22.3 Å². The summed E-state index contributed by atoms with van der Waals surface area (Å²) in [6.45, 7) is 0.959. The average Bonchev–Trinajstić information content (AvgIpc) is 2.83. The topological polar surface area (TPSA) is 203 Å². The number of halogens is 1. The molecule has 2 heterocycles. The molecule has 12 nitrogen and oxygen atoms in total. The number of aliphatic hydroxyl groups is 1. The molecule has 6 N–H and O–H groups in total. The molecule has 0 bridgehead atoms.